The first kappa shape index (κ1) is 28.2. The van der Waals surface area contributed by atoms with Crippen molar-refractivity contribution < 1.29 is 23.3 Å². The fourth-order valence-electron chi connectivity index (χ4n) is 6.29. The lowest BCUT2D eigenvalue weighted by Gasteiger charge is -2.39. The van der Waals surface area contributed by atoms with Crippen molar-refractivity contribution in [1.82, 2.24) is 14.8 Å². The van der Waals surface area contributed by atoms with Crippen LogP contribution in [0.2, 0.25) is 0 Å². The van der Waals surface area contributed by atoms with Crippen LogP contribution in [0.4, 0.5) is 20.2 Å². The summed E-state index contributed by atoms with van der Waals surface area (Å²) in [4.78, 5) is 54.8. The predicted octanol–water partition coefficient (Wildman–Crippen LogP) is 4.72. The van der Waals surface area contributed by atoms with E-state index in [0.29, 0.717) is 18.8 Å². The Labute approximate surface area is 237 Å². The Balaban J connectivity index is 1.42. The van der Waals surface area contributed by atoms with Crippen molar-refractivity contribution in [1.29, 1.82) is 0 Å². The molecule has 1 aliphatic carbocycles. The van der Waals surface area contributed by atoms with Crippen molar-refractivity contribution in [3.05, 3.63) is 66.0 Å². The van der Waals surface area contributed by atoms with Crippen LogP contribution in [0.1, 0.15) is 64.9 Å². The number of aryl methyl sites for hydroxylation is 1. The standard InChI is InChI=1S/C27H30BrF2N5O5/c1-16-10-17(11-22(36)31-16)24(37)34-14-21(27(29,30)15-34)32-23-19(12-18(28)13-20(23)35(39)40)25(38)33-8-6-26(7-9-33)4-2-3-5-26/h10-13,21,32H,2-9,14-15H2,1H3,(H,31,36). The molecule has 10 nitrogen and oxygen atoms in total. The fourth-order valence-corrected chi connectivity index (χ4v) is 6.73. The maximum Gasteiger partial charge on any atom is 0.294 e. The van der Waals surface area contributed by atoms with E-state index in [1.807, 2.05) is 0 Å². The second kappa shape index (κ2) is 10.6. The molecule has 1 aromatic heterocycles. The first-order valence-electron chi connectivity index (χ1n) is 13.3. The lowest BCUT2D eigenvalue weighted by atomic mass is 9.77. The minimum absolute atomic E-state index is 0.0340. The summed E-state index contributed by atoms with van der Waals surface area (Å²) in [6.45, 7) is 1.14. The largest absolute Gasteiger partial charge is 0.369 e. The summed E-state index contributed by atoms with van der Waals surface area (Å²) in [5.41, 5.74) is -0.817. The van der Waals surface area contributed by atoms with Crippen LogP contribution in [-0.4, -0.2) is 69.7 Å². The summed E-state index contributed by atoms with van der Waals surface area (Å²) >= 11 is 3.23. The van der Waals surface area contributed by atoms with Crippen molar-refractivity contribution in [3.63, 3.8) is 0 Å². The molecule has 0 radical (unpaired) electrons. The Bertz CT molecular complexity index is 1410. The van der Waals surface area contributed by atoms with Gasteiger partial charge in [0, 0.05) is 47.5 Å². The number of hydrogen-bond acceptors (Lipinski definition) is 6. The molecule has 1 unspecified atom stereocenters. The third-order valence-corrected chi connectivity index (χ3v) is 8.89. The SMILES string of the molecule is Cc1cc(C(=O)N2CC(Nc3c(C(=O)N4CCC5(CCCC5)CC4)cc(Br)cc3[N+](=O)[O-])C(F)(F)C2)cc(=O)[nH]1. The Hall–Kier alpha value is -3.35. The molecular formula is C27H30BrF2N5O5. The molecule has 1 atom stereocenters. The van der Waals surface area contributed by atoms with Crippen LogP contribution in [-0.2, 0) is 0 Å². The lowest BCUT2D eigenvalue weighted by Crippen LogP contribution is -2.43. The molecular weight excluding hydrogens is 592 g/mol. The lowest BCUT2D eigenvalue weighted by molar-refractivity contribution is -0.384. The van der Waals surface area contributed by atoms with Crippen LogP contribution >= 0.6 is 15.9 Å². The second-order valence-electron chi connectivity index (χ2n) is 11.2. The molecule has 13 heteroatoms. The fraction of sp³-hybridized carbons (Fsp3) is 0.519. The predicted molar refractivity (Wildman–Crippen MR) is 147 cm³/mol. The zero-order valence-corrected chi connectivity index (χ0v) is 23.6. The molecule has 3 heterocycles. The van der Waals surface area contributed by atoms with Gasteiger partial charge >= 0.3 is 0 Å². The Kier molecular flexibility index (Phi) is 7.45. The van der Waals surface area contributed by atoms with Gasteiger partial charge in [0.2, 0.25) is 5.56 Å². The Morgan fingerprint density at radius 1 is 1.07 bits per heavy atom. The van der Waals surface area contributed by atoms with E-state index in [9.17, 15) is 24.5 Å². The van der Waals surface area contributed by atoms with Gasteiger partial charge in [-0.1, -0.05) is 28.8 Å². The Morgan fingerprint density at radius 3 is 2.38 bits per heavy atom. The minimum atomic E-state index is -3.47. The summed E-state index contributed by atoms with van der Waals surface area (Å²) < 4.78 is 30.8. The third-order valence-electron chi connectivity index (χ3n) is 8.43. The molecule has 2 aliphatic heterocycles. The first-order chi connectivity index (χ1) is 18.9. The van der Waals surface area contributed by atoms with Gasteiger partial charge in [-0.2, -0.15) is 0 Å². The van der Waals surface area contributed by atoms with Crippen molar-refractivity contribution in [2.45, 2.75) is 57.4 Å². The van der Waals surface area contributed by atoms with Crippen molar-refractivity contribution in [2.75, 3.05) is 31.5 Å². The number of amides is 2. The van der Waals surface area contributed by atoms with Gasteiger partial charge < -0.3 is 20.1 Å². The van der Waals surface area contributed by atoms with Crippen molar-refractivity contribution in [3.8, 4) is 0 Å². The normalized spacial score (nSPS) is 21.6. The van der Waals surface area contributed by atoms with Gasteiger partial charge in [-0.3, -0.25) is 24.5 Å². The molecule has 1 saturated carbocycles. The summed E-state index contributed by atoms with van der Waals surface area (Å²) in [5.74, 6) is -4.69. The molecule has 1 spiro atoms. The number of piperidine rings is 1. The number of carbonyl (C=O) groups is 2. The number of hydrogen-bond donors (Lipinski definition) is 2. The van der Waals surface area contributed by atoms with Crippen LogP contribution in [0.5, 0.6) is 0 Å². The van der Waals surface area contributed by atoms with E-state index in [-0.39, 0.29) is 26.7 Å². The molecule has 0 bridgehead atoms. The summed E-state index contributed by atoms with van der Waals surface area (Å²) in [6.07, 6.45) is 6.30. The molecule has 40 heavy (non-hydrogen) atoms. The van der Waals surface area contributed by atoms with Gasteiger partial charge in [0.25, 0.3) is 23.4 Å². The smallest absolute Gasteiger partial charge is 0.294 e. The summed E-state index contributed by atoms with van der Waals surface area (Å²) in [5, 5.41) is 14.6. The van der Waals surface area contributed by atoms with Gasteiger partial charge in [0.05, 0.1) is 17.0 Å². The molecule has 2 aromatic rings. The van der Waals surface area contributed by atoms with E-state index in [1.54, 1.807) is 11.8 Å². The molecule has 2 saturated heterocycles. The van der Waals surface area contributed by atoms with Gasteiger partial charge in [0.1, 0.15) is 11.7 Å². The zero-order valence-electron chi connectivity index (χ0n) is 22.0. The highest BCUT2D eigenvalue weighted by Gasteiger charge is 2.51. The number of pyridine rings is 1. The van der Waals surface area contributed by atoms with Crippen LogP contribution in [0, 0.1) is 22.5 Å². The number of nitrogens with zero attached hydrogens (tertiary/aromatic N) is 3. The molecule has 2 N–H and O–H groups in total. The molecule has 1 aromatic carbocycles. The number of halogens is 3. The average Bonchev–Trinajstić information content (AvgIpc) is 3.47. The first-order valence-corrected chi connectivity index (χ1v) is 14.1. The van der Waals surface area contributed by atoms with Crippen LogP contribution in [0.15, 0.2) is 33.5 Å². The third kappa shape index (κ3) is 5.48. The maximum atomic E-state index is 15.2. The van der Waals surface area contributed by atoms with Gasteiger partial charge in [-0.25, -0.2) is 8.78 Å². The minimum Gasteiger partial charge on any atom is -0.369 e. The number of rotatable bonds is 5. The number of aromatic nitrogens is 1. The van der Waals surface area contributed by atoms with Crippen molar-refractivity contribution >= 4 is 39.1 Å². The van der Waals surface area contributed by atoms with Gasteiger partial charge in [-0.15, -0.1) is 0 Å². The van der Waals surface area contributed by atoms with Crippen LogP contribution < -0.4 is 10.9 Å². The molecule has 3 fully saturated rings. The van der Waals surface area contributed by atoms with Crippen LogP contribution in [0.25, 0.3) is 0 Å². The summed E-state index contributed by atoms with van der Waals surface area (Å²) in [7, 11) is 0. The van der Waals surface area contributed by atoms with E-state index in [2.05, 4.69) is 26.2 Å². The number of nitrogens with one attached hydrogen (secondary N) is 2. The number of aromatic amines is 1. The van der Waals surface area contributed by atoms with E-state index in [0.717, 1.165) is 42.7 Å². The topological polar surface area (TPSA) is 129 Å². The monoisotopic (exact) mass is 621 g/mol. The molecule has 2 amide bonds. The maximum absolute atomic E-state index is 15.2. The quantitative estimate of drug-likeness (QED) is 0.367. The number of H-pyrrole nitrogens is 1. The Morgan fingerprint density at radius 2 is 1.75 bits per heavy atom. The highest BCUT2D eigenvalue weighted by Crippen LogP contribution is 2.46. The number of nitro benzene ring substituents is 1. The van der Waals surface area contributed by atoms with Crippen molar-refractivity contribution in [2.24, 2.45) is 5.41 Å². The number of nitro groups is 1. The number of anilines is 1. The number of benzene rings is 1. The van der Waals surface area contributed by atoms with E-state index < -0.39 is 53.0 Å². The zero-order chi connectivity index (χ0) is 28.8. The van der Waals surface area contributed by atoms with Crippen LogP contribution in [0.3, 0.4) is 0 Å². The van der Waals surface area contributed by atoms with Gasteiger partial charge in [0.15, 0.2) is 0 Å². The van der Waals surface area contributed by atoms with E-state index in [1.165, 1.54) is 25.0 Å². The number of alkyl halides is 2. The highest BCUT2D eigenvalue weighted by atomic mass is 79.9. The average molecular weight is 622 g/mol. The summed E-state index contributed by atoms with van der Waals surface area (Å²) in [6, 6.07) is 3.31. The van der Waals surface area contributed by atoms with E-state index in [4.69, 9.17) is 0 Å². The van der Waals surface area contributed by atoms with E-state index >= 15 is 8.78 Å². The molecule has 5 rings (SSSR count). The number of likely N-dealkylation sites (tertiary alicyclic amines) is 2. The second-order valence-corrected chi connectivity index (χ2v) is 12.1. The highest BCUT2D eigenvalue weighted by molar-refractivity contribution is 9.10. The van der Waals surface area contributed by atoms with Gasteiger partial charge in [-0.05, 0) is 50.2 Å². The number of carbonyl (C=O) groups excluding carboxylic acids is 2. The molecule has 214 valence electrons. The molecule has 3 aliphatic rings.